The molecule has 0 aromatic carbocycles. The van der Waals surface area contributed by atoms with Crippen LogP contribution in [-0.4, -0.2) is 68.4 Å². The average molecular weight is 354 g/mol. The first-order valence-electron chi connectivity index (χ1n) is 7.54. The van der Waals surface area contributed by atoms with Gasteiger partial charge in [-0.2, -0.15) is 4.98 Å². The number of aliphatic hydroxyl groups excluding tert-OH is 2. The molecule has 0 saturated carbocycles. The molecule has 136 valence electrons. The monoisotopic (exact) mass is 354 g/mol. The zero-order valence-electron chi connectivity index (χ0n) is 14.0. The van der Waals surface area contributed by atoms with Crippen LogP contribution < -0.4 is 9.47 Å². The Kier molecular flexibility index (Phi) is 4.58. The van der Waals surface area contributed by atoms with E-state index in [1.807, 2.05) is 0 Å². The second-order valence-corrected chi connectivity index (χ2v) is 5.79. The minimum Gasteiger partial charge on any atom is -0.480 e. The quantitative estimate of drug-likeness (QED) is 0.790. The van der Waals surface area contributed by atoms with E-state index in [4.69, 9.17) is 14.2 Å². The molecule has 1 aliphatic heterocycles. The Bertz CT molecular complexity index is 753. The Labute approximate surface area is 143 Å². The molecular formula is C15H19FN4O5. The van der Waals surface area contributed by atoms with Gasteiger partial charge in [-0.1, -0.05) is 0 Å². The van der Waals surface area contributed by atoms with Crippen LogP contribution in [0.15, 0.2) is 18.7 Å². The van der Waals surface area contributed by atoms with E-state index in [1.54, 1.807) is 0 Å². The molecule has 0 bridgehead atoms. The van der Waals surface area contributed by atoms with Gasteiger partial charge in [0.25, 0.3) is 0 Å². The van der Waals surface area contributed by atoms with E-state index < -0.39 is 30.7 Å². The van der Waals surface area contributed by atoms with E-state index in [-0.39, 0.29) is 11.9 Å². The molecule has 0 amide bonds. The minimum absolute atomic E-state index is 0.143. The third-order valence-electron chi connectivity index (χ3n) is 4.15. The third kappa shape index (κ3) is 2.92. The summed E-state index contributed by atoms with van der Waals surface area (Å²) >= 11 is 0. The predicted octanol–water partition coefficient (Wildman–Crippen LogP) is 0.336. The van der Waals surface area contributed by atoms with Crippen molar-refractivity contribution >= 4 is 0 Å². The standard InChI is InChI=1S/C15H19FN4O5/c1-15(16)11(22)10(6-21)25-13(15)20-5-9(18-7-20)8-4-17-14(24-3)19-12(8)23-2/h4-5,7,10-11,13,21-22H,6H2,1-3H3/t10-,11-,13-,15-/m1/s1. The van der Waals surface area contributed by atoms with Crippen molar-refractivity contribution in [1.82, 2.24) is 19.5 Å². The molecule has 25 heavy (non-hydrogen) atoms. The number of alkyl halides is 1. The molecule has 0 spiro atoms. The molecule has 0 unspecified atom stereocenters. The van der Waals surface area contributed by atoms with Crippen LogP contribution in [0.5, 0.6) is 11.9 Å². The molecule has 2 aromatic rings. The summed E-state index contributed by atoms with van der Waals surface area (Å²) in [6.07, 6.45) is 0.784. The lowest BCUT2D eigenvalue weighted by atomic mass is 9.99. The summed E-state index contributed by atoms with van der Waals surface area (Å²) in [6, 6.07) is 0.143. The summed E-state index contributed by atoms with van der Waals surface area (Å²) < 4.78 is 31.8. The van der Waals surface area contributed by atoms with Gasteiger partial charge in [-0.25, -0.2) is 14.4 Å². The van der Waals surface area contributed by atoms with E-state index in [2.05, 4.69) is 15.0 Å². The fourth-order valence-electron chi connectivity index (χ4n) is 2.77. The van der Waals surface area contributed by atoms with Crippen molar-refractivity contribution in [2.24, 2.45) is 0 Å². The van der Waals surface area contributed by atoms with Crippen LogP contribution in [0, 0.1) is 0 Å². The van der Waals surface area contributed by atoms with Gasteiger partial charge in [0.15, 0.2) is 11.9 Å². The zero-order chi connectivity index (χ0) is 18.2. The molecule has 1 saturated heterocycles. The molecule has 2 N–H and O–H groups in total. The Morgan fingerprint density at radius 3 is 2.72 bits per heavy atom. The summed E-state index contributed by atoms with van der Waals surface area (Å²) in [5, 5.41) is 19.2. The van der Waals surface area contributed by atoms with Gasteiger partial charge in [-0.3, -0.25) is 0 Å². The largest absolute Gasteiger partial charge is 0.480 e. The van der Waals surface area contributed by atoms with Crippen molar-refractivity contribution in [2.45, 2.75) is 31.0 Å². The van der Waals surface area contributed by atoms with Gasteiger partial charge in [-0.15, -0.1) is 0 Å². The van der Waals surface area contributed by atoms with Gasteiger partial charge in [0.1, 0.15) is 12.2 Å². The van der Waals surface area contributed by atoms with Gasteiger partial charge < -0.3 is 29.0 Å². The molecule has 0 radical (unpaired) electrons. The maximum atomic E-state index is 14.8. The number of imidazole rings is 1. The normalized spacial score (nSPS) is 29.0. The lowest BCUT2D eigenvalue weighted by Crippen LogP contribution is -2.40. The van der Waals surface area contributed by atoms with Crippen molar-refractivity contribution in [2.75, 3.05) is 20.8 Å². The average Bonchev–Trinajstić information content (AvgIpc) is 3.18. The molecule has 1 fully saturated rings. The van der Waals surface area contributed by atoms with Crippen molar-refractivity contribution < 1.29 is 28.8 Å². The molecule has 4 atom stereocenters. The molecular weight excluding hydrogens is 335 g/mol. The minimum atomic E-state index is -2.09. The summed E-state index contributed by atoms with van der Waals surface area (Å²) in [4.78, 5) is 12.3. The second kappa shape index (κ2) is 6.54. The number of aromatic nitrogens is 4. The Morgan fingerprint density at radius 1 is 1.36 bits per heavy atom. The highest BCUT2D eigenvalue weighted by Crippen LogP contribution is 2.41. The van der Waals surface area contributed by atoms with E-state index in [1.165, 1.54) is 44.4 Å². The van der Waals surface area contributed by atoms with E-state index in [0.29, 0.717) is 11.3 Å². The van der Waals surface area contributed by atoms with Crippen LogP contribution >= 0.6 is 0 Å². The van der Waals surface area contributed by atoms with Gasteiger partial charge in [0.05, 0.1) is 38.4 Å². The topological polar surface area (TPSA) is 112 Å². The van der Waals surface area contributed by atoms with E-state index in [9.17, 15) is 14.6 Å². The molecule has 2 aromatic heterocycles. The first-order chi connectivity index (χ1) is 11.9. The highest BCUT2D eigenvalue weighted by molar-refractivity contribution is 5.63. The van der Waals surface area contributed by atoms with Gasteiger partial charge in [0.2, 0.25) is 5.88 Å². The number of halogens is 1. The number of hydrogen-bond acceptors (Lipinski definition) is 8. The molecule has 1 aliphatic rings. The van der Waals surface area contributed by atoms with Crippen LogP contribution in [-0.2, 0) is 4.74 Å². The van der Waals surface area contributed by atoms with Crippen LogP contribution in [0.2, 0.25) is 0 Å². The Hall–Kier alpha value is -2.30. The van der Waals surface area contributed by atoms with Crippen LogP contribution in [0.4, 0.5) is 4.39 Å². The van der Waals surface area contributed by atoms with Crippen LogP contribution in [0.3, 0.4) is 0 Å². The van der Waals surface area contributed by atoms with Crippen molar-refractivity contribution in [3.05, 3.63) is 18.7 Å². The van der Waals surface area contributed by atoms with Gasteiger partial charge >= 0.3 is 6.01 Å². The molecule has 9 nitrogen and oxygen atoms in total. The first-order valence-corrected chi connectivity index (χ1v) is 7.54. The maximum Gasteiger partial charge on any atom is 0.319 e. The summed E-state index contributed by atoms with van der Waals surface area (Å²) in [6.45, 7) is 0.730. The summed E-state index contributed by atoms with van der Waals surface area (Å²) in [5.74, 6) is 0.251. The van der Waals surface area contributed by atoms with Crippen LogP contribution in [0.1, 0.15) is 13.2 Å². The van der Waals surface area contributed by atoms with E-state index >= 15 is 0 Å². The SMILES string of the molecule is COc1ncc(-c2cn([C@@H]3O[C@H](CO)[C@@H](O)[C@@]3(C)F)cn2)c(OC)n1. The lowest BCUT2D eigenvalue weighted by molar-refractivity contribution is -0.0586. The van der Waals surface area contributed by atoms with Gasteiger partial charge in [-0.05, 0) is 6.92 Å². The predicted molar refractivity (Wildman–Crippen MR) is 82.9 cm³/mol. The fraction of sp³-hybridized carbons (Fsp3) is 0.533. The third-order valence-corrected chi connectivity index (χ3v) is 4.15. The summed E-state index contributed by atoms with van der Waals surface area (Å²) in [7, 11) is 2.88. The maximum absolute atomic E-state index is 14.8. The number of nitrogens with zero attached hydrogens (tertiary/aromatic N) is 4. The van der Waals surface area contributed by atoms with Crippen LogP contribution in [0.25, 0.3) is 11.3 Å². The molecule has 0 aliphatic carbocycles. The highest BCUT2D eigenvalue weighted by Gasteiger charge is 2.54. The van der Waals surface area contributed by atoms with Crippen molar-refractivity contribution in [3.8, 4) is 23.1 Å². The number of ether oxygens (including phenoxy) is 3. The zero-order valence-corrected chi connectivity index (χ0v) is 14.0. The second-order valence-electron chi connectivity index (χ2n) is 5.79. The number of hydrogen-bond donors (Lipinski definition) is 2. The number of rotatable bonds is 5. The molecule has 10 heteroatoms. The fourth-order valence-corrected chi connectivity index (χ4v) is 2.77. The van der Waals surface area contributed by atoms with Gasteiger partial charge in [0, 0.05) is 12.4 Å². The summed E-state index contributed by atoms with van der Waals surface area (Å²) in [5.41, 5.74) is -1.17. The Balaban J connectivity index is 1.93. The molecule has 3 rings (SSSR count). The first kappa shape index (κ1) is 17.5. The molecule has 3 heterocycles. The lowest BCUT2D eigenvalue weighted by Gasteiger charge is -2.24. The Morgan fingerprint density at radius 2 is 2.12 bits per heavy atom. The highest BCUT2D eigenvalue weighted by atomic mass is 19.1. The van der Waals surface area contributed by atoms with Crippen molar-refractivity contribution in [3.63, 3.8) is 0 Å². The van der Waals surface area contributed by atoms with Crippen molar-refractivity contribution in [1.29, 1.82) is 0 Å². The van der Waals surface area contributed by atoms with E-state index in [0.717, 1.165) is 0 Å². The number of methoxy groups -OCH3 is 2. The number of aliphatic hydroxyl groups is 2. The smallest absolute Gasteiger partial charge is 0.319 e.